The second-order valence-corrected chi connectivity index (χ2v) is 11.4. The van der Waals surface area contributed by atoms with E-state index >= 15 is 0 Å². The average molecular weight is 590 g/mol. The zero-order chi connectivity index (χ0) is 22.2. The first kappa shape index (κ1) is 28.1. The fraction of sp³-hybridized carbons (Fsp3) is 0.696. The smallest absolute Gasteiger partial charge is 0.228 e. The summed E-state index contributed by atoms with van der Waals surface area (Å²) in [5.41, 5.74) is 0.789. The van der Waals surface area contributed by atoms with Crippen molar-refractivity contribution in [2.75, 3.05) is 5.32 Å². The molecule has 0 bridgehead atoms. The Morgan fingerprint density at radius 1 is 0.867 bits per heavy atom. The number of nitrogens with one attached hydrogen (secondary N) is 2. The van der Waals surface area contributed by atoms with Crippen molar-refractivity contribution in [2.45, 2.75) is 100 Å². The summed E-state index contributed by atoms with van der Waals surface area (Å²) >= 11 is 20.4. The number of rotatable bonds is 16. The maximum absolute atomic E-state index is 12.3. The maximum atomic E-state index is 12.3. The fourth-order valence-corrected chi connectivity index (χ4v) is 3.96. The quantitative estimate of drug-likeness (QED) is 0.0877. The lowest BCUT2D eigenvalue weighted by Gasteiger charge is -2.27. The van der Waals surface area contributed by atoms with Crippen LogP contribution in [0.15, 0.2) is 24.3 Å². The Bertz CT molecular complexity index is 579. The zero-order valence-electron chi connectivity index (χ0n) is 18.0. The summed E-state index contributed by atoms with van der Waals surface area (Å²) in [5, 5.41) is 5.90. The number of benzene rings is 1. The van der Waals surface area contributed by atoms with Crippen molar-refractivity contribution in [3.63, 3.8) is 0 Å². The van der Waals surface area contributed by atoms with Crippen molar-refractivity contribution in [3.05, 3.63) is 27.8 Å². The summed E-state index contributed by atoms with van der Waals surface area (Å²) in [6.07, 6.45) is 14.8. The predicted molar refractivity (Wildman–Crippen MR) is 141 cm³/mol. The number of anilines is 1. The number of alkyl halides is 3. The fourth-order valence-electron chi connectivity index (χ4n) is 3.27. The highest BCUT2D eigenvalue weighted by atomic mass is 127. The van der Waals surface area contributed by atoms with Gasteiger partial charge in [-0.05, 0) is 53.3 Å². The maximum Gasteiger partial charge on any atom is 0.228 e. The highest BCUT2D eigenvalue weighted by Crippen LogP contribution is 2.31. The summed E-state index contributed by atoms with van der Waals surface area (Å²) in [4.78, 5) is 12.3. The van der Waals surface area contributed by atoms with E-state index in [9.17, 15) is 4.79 Å². The molecule has 0 saturated carbocycles. The third kappa shape index (κ3) is 14.2. The van der Waals surface area contributed by atoms with E-state index in [2.05, 4.69) is 40.1 Å². The van der Waals surface area contributed by atoms with Crippen molar-refractivity contribution in [1.82, 2.24) is 5.32 Å². The average Bonchev–Trinajstić information content (AvgIpc) is 2.69. The molecule has 0 radical (unpaired) electrons. The van der Waals surface area contributed by atoms with E-state index in [1.165, 1.54) is 64.2 Å². The van der Waals surface area contributed by atoms with Crippen molar-refractivity contribution in [2.24, 2.45) is 0 Å². The van der Waals surface area contributed by atoms with E-state index in [-0.39, 0.29) is 5.91 Å². The summed E-state index contributed by atoms with van der Waals surface area (Å²) in [6, 6.07) is 7.68. The largest absolute Gasteiger partial charge is 0.362 e. The summed E-state index contributed by atoms with van der Waals surface area (Å²) < 4.78 is -0.533. The molecular formula is C23H36Cl3IN2O. The third-order valence-corrected chi connectivity index (χ3v) is 6.42. The van der Waals surface area contributed by atoms with Crippen LogP contribution in [0.5, 0.6) is 0 Å². The topological polar surface area (TPSA) is 41.1 Å². The highest BCUT2D eigenvalue weighted by Gasteiger charge is 2.33. The van der Waals surface area contributed by atoms with Gasteiger partial charge in [-0.25, -0.2) is 0 Å². The molecular weight excluding hydrogens is 554 g/mol. The van der Waals surface area contributed by atoms with Gasteiger partial charge in [-0.1, -0.05) is 112 Å². The van der Waals surface area contributed by atoms with Crippen LogP contribution >= 0.6 is 57.4 Å². The minimum absolute atomic E-state index is 0.101. The van der Waals surface area contributed by atoms with Gasteiger partial charge in [0.1, 0.15) is 6.17 Å². The Labute approximate surface area is 211 Å². The van der Waals surface area contributed by atoms with E-state index in [1.54, 1.807) is 0 Å². The molecule has 1 atom stereocenters. The van der Waals surface area contributed by atoms with E-state index in [1.807, 2.05) is 24.3 Å². The second-order valence-electron chi connectivity index (χ2n) is 7.83. The Balaban J connectivity index is 2.15. The lowest BCUT2D eigenvalue weighted by atomic mass is 10.0. The molecule has 172 valence electrons. The van der Waals surface area contributed by atoms with Crippen molar-refractivity contribution < 1.29 is 4.79 Å². The van der Waals surface area contributed by atoms with Gasteiger partial charge in [0.05, 0.1) is 0 Å². The molecule has 7 heteroatoms. The second kappa shape index (κ2) is 16.7. The first-order chi connectivity index (χ1) is 14.3. The molecule has 0 aliphatic heterocycles. The van der Waals surface area contributed by atoms with Crippen LogP contribution in [-0.4, -0.2) is 15.9 Å². The summed E-state index contributed by atoms with van der Waals surface area (Å²) in [7, 11) is 0. The van der Waals surface area contributed by atoms with Gasteiger partial charge in [-0.15, -0.1) is 0 Å². The van der Waals surface area contributed by atoms with Gasteiger partial charge in [0.2, 0.25) is 9.70 Å². The molecule has 1 rings (SSSR count). The molecule has 1 aromatic rings. The number of amides is 1. The van der Waals surface area contributed by atoms with Gasteiger partial charge in [0, 0.05) is 15.7 Å². The molecule has 2 N–H and O–H groups in total. The van der Waals surface area contributed by atoms with E-state index in [4.69, 9.17) is 34.8 Å². The van der Waals surface area contributed by atoms with E-state index in [0.717, 1.165) is 22.1 Å². The van der Waals surface area contributed by atoms with Gasteiger partial charge in [0.15, 0.2) is 0 Å². The molecule has 0 aliphatic carbocycles. The van der Waals surface area contributed by atoms with Crippen LogP contribution in [0.25, 0.3) is 0 Å². The monoisotopic (exact) mass is 588 g/mol. The van der Waals surface area contributed by atoms with Crippen LogP contribution in [0.2, 0.25) is 0 Å². The van der Waals surface area contributed by atoms with Gasteiger partial charge in [-0.2, -0.15) is 0 Å². The minimum Gasteiger partial charge on any atom is -0.362 e. The number of carbonyl (C=O) groups excluding carboxylic acids is 1. The molecule has 1 aromatic carbocycles. The van der Waals surface area contributed by atoms with E-state index in [0.29, 0.717) is 6.42 Å². The molecule has 0 aliphatic rings. The Hall–Kier alpha value is 0.0900. The number of halogens is 4. The van der Waals surface area contributed by atoms with Crippen molar-refractivity contribution >= 4 is 69.0 Å². The Morgan fingerprint density at radius 3 is 1.80 bits per heavy atom. The first-order valence-electron chi connectivity index (χ1n) is 11.2. The third-order valence-electron chi connectivity index (χ3n) is 5.05. The molecule has 1 unspecified atom stereocenters. The molecule has 1 amide bonds. The number of hydrogen-bond acceptors (Lipinski definition) is 2. The standard InChI is InChI=1S/C23H36Cl3IN2O/c1-2-3-4-5-6-7-8-9-10-11-12-13-14-21(30)29-22(23(24,25)26)28-20-17-15-19(27)16-18-20/h15-18,22,28H,2-14H2,1H3,(H,29,30). The van der Waals surface area contributed by atoms with Crippen LogP contribution in [0, 0.1) is 3.57 Å². The predicted octanol–water partition coefficient (Wildman–Crippen LogP) is 8.61. The summed E-state index contributed by atoms with van der Waals surface area (Å²) in [5.74, 6) is -0.101. The minimum atomic E-state index is -1.64. The Kier molecular flexibility index (Phi) is 15.6. The number of hydrogen-bond donors (Lipinski definition) is 2. The summed E-state index contributed by atoms with van der Waals surface area (Å²) in [6.45, 7) is 2.25. The van der Waals surface area contributed by atoms with Gasteiger partial charge >= 0.3 is 0 Å². The highest BCUT2D eigenvalue weighted by molar-refractivity contribution is 14.1. The molecule has 0 saturated heterocycles. The first-order valence-corrected chi connectivity index (χ1v) is 13.4. The van der Waals surface area contributed by atoms with Crippen LogP contribution < -0.4 is 10.6 Å². The molecule has 0 spiro atoms. The van der Waals surface area contributed by atoms with Crippen LogP contribution in [0.1, 0.15) is 90.4 Å². The van der Waals surface area contributed by atoms with Gasteiger partial charge < -0.3 is 10.6 Å². The van der Waals surface area contributed by atoms with Crippen molar-refractivity contribution in [3.8, 4) is 0 Å². The Morgan fingerprint density at radius 2 is 1.33 bits per heavy atom. The van der Waals surface area contributed by atoms with Crippen LogP contribution in [0.3, 0.4) is 0 Å². The molecule has 0 heterocycles. The van der Waals surface area contributed by atoms with Crippen molar-refractivity contribution in [1.29, 1.82) is 0 Å². The molecule has 0 aromatic heterocycles. The molecule has 30 heavy (non-hydrogen) atoms. The SMILES string of the molecule is CCCCCCCCCCCCCCC(=O)NC(Nc1ccc(I)cc1)C(Cl)(Cl)Cl. The van der Waals surface area contributed by atoms with Crippen LogP contribution in [0.4, 0.5) is 5.69 Å². The zero-order valence-corrected chi connectivity index (χ0v) is 22.4. The van der Waals surface area contributed by atoms with E-state index < -0.39 is 9.96 Å². The number of unbranched alkanes of at least 4 members (excludes halogenated alkanes) is 11. The van der Waals surface area contributed by atoms with Crippen LogP contribution in [-0.2, 0) is 4.79 Å². The lowest BCUT2D eigenvalue weighted by molar-refractivity contribution is -0.121. The lowest BCUT2D eigenvalue weighted by Crippen LogP contribution is -2.49. The van der Waals surface area contributed by atoms with Gasteiger partial charge in [-0.3, -0.25) is 4.79 Å². The molecule has 3 nitrogen and oxygen atoms in total. The van der Waals surface area contributed by atoms with Gasteiger partial charge in [0.25, 0.3) is 0 Å². The normalized spacial score (nSPS) is 12.6. The number of carbonyl (C=O) groups is 1. The molecule has 0 fully saturated rings.